The molecule has 0 saturated carbocycles. The second-order valence-electron chi connectivity index (χ2n) is 6.80. The Morgan fingerprint density at radius 1 is 1.17 bits per heavy atom. The Labute approximate surface area is 172 Å². The number of carbonyl (C=O) groups is 2. The summed E-state index contributed by atoms with van der Waals surface area (Å²) in [6, 6.07) is 14.2. The van der Waals surface area contributed by atoms with Crippen LogP contribution >= 0.6 is 11.6 Å². The largest absolute Gasteiger partial charge is 0.421 e. The number of amides is 2. The first-order chi connectivity index (χ1) is 14.0. The lowest BCUT2D eigenvalue weighted by Crippen LogP contribution is -2.28. The molecule has 3 aromatic rings. The van der Waals surface area contributed by atoms with E-state index in [1.807, 2.05) is 19.1 Å². The molecule has 1 aliphatic rings. The van der Waals surface area contributed by atoms with Crippen LogP contribution in [0.4, 0.5) is 11.4 Å². The number of anilines is 2. The van der Waals surface area contributed by atoms with Crippen LogP contribution in [0.2, 0.25) is 5.02 Å². The maximum Gasteiger partial charge on any atom is 0.247 e. The number of nitrogens with one attached hydrogen (secondary N) is 1. The van der Waals surface area contributed by atoms with E-state index in [0.717, 1.165) is 11.3 Å². The number of carbonyl (C=O) groups excluding carboxylic acids is 2. The van der Waals surface area contributed by atoms with E-state index >= 15 is 0 Å². The number of hydrogen-bond acceptors (Lipinski definition) is 5. The predicted molar refractivity (Wildman–Crippen MR) is 110 cm³/mol. The lowest BCUT2D eigenvalue weighted by atomic mass is 10.1. The van der Waals surface area contributed by atoms with Gasteiger partial charge in [-0.2, -0.15) is 0 Å². The Bertz CT molecular complexity index is 1030. The molecule has 0 unspecified atom stereocenters. The minimum Gasteiger partial charge on any atom is -0.421 e. The molecular formula is C21H19ClN4O3. The molecule has 7 nitrogen and oxygen atoms in total. The van der Waals surface area contributed by atoms with Gasteiger partial charge in [0.1, 0.15) is 0 Å². The molecule has 0 aliphatic carbocycles. The Kier molecular flexibility index (Phi) is 5.31. The van der Waals surface area contributed by atoms with Crippen LogP contribution in [0.3, 0.4) is 0 Å². The van der Waals surface area contributed by atoms with E-state index in [0.29, 0.717) is 35.5 Å². The van der Waals surface area contributed by atoms with Crippen molar-refractivity contribution >= 4 is 34.8 Å². The third-order valence-corrected chi connectivity index (χ3v) is 5.05. The van der Waals surface area contributed by atoms with Crippen molar-refractivity contribution in [3.8, 4) is 11.5 Å². The van der Waals surface area contributed by atoms with Crippen LogP contribution in [0, 0.1) is 5.92 Å². The summed E-state index contributed by atoms with van der Waals surface area (Å²) in [5, 5.41) is 11.4. The van der Waals surface area contributed by atoms with E-state index in [9.17, 15) is 9.59 Å². The molecule has 2 aromatic carbocycles. The zero-order valence-corrected chi connectivity index (χ0v) is 16.5. The van der Waals surface area contributed by atoms with Crippen molar-refractivity contribution in [2.45, 2.75) is 19.8 Å². The normalized spacial score (nSPS) is 16.3. The van der Waals surface area contributed by atoms with Gasteiger partial charge in [-0.05, 0) is 48.5 Å². The molecule has 4 rings (SSSR count). The van der Waals surface area contributed by atoms with Gasteiger partial charge in [-0.1, -0.05) is 18.5 Å². The Morgan fingerprint density at radius 2 is 1.90 bits per heavy atom. The van der Waals surface area contributed by atoms with Crippen molar-refractivity contribution in [2.24, 2.45) is 5.92 Å². The zero-order chi connectivity index (χ0) is 20.4. The number of aryl methyl sites for hydroxylation is 1. The number of halogens is 1. The number of hydrogen-bond donors (Lipinski definition) is 1. The molecule has 8 heteroatoms. The molecule has 1 aliphatic heterocycles. The van der Waals surface area contributed by atoms with Gasteiger partial charge in [0.05, 0.1) is 5.92 Å². The van der Waals surface area contributed by atoms with Gasteiger partial charge in [0, 0.05) is 41.3 Å². The van der Waals surface area contributed by atoms with Crippen molar-refractivity contribution in [1.29, 1.82) is 0 Å². The van der Waals surface area contributed by atoms with Gasteiger partial charge in [0.15, 0.2) is 0 Å². The lowest BCUT2D eigenvalue weighted by Gasteiger charge is -2.16. The summed E-state index contributed by atoms with van der Waals surface area (Å²) in [6.45, 7) is 2.28. The van der Waals surface area contributed by atoms with Crippen molar-refractivity contribution in [3.63, 3.8) is 0 Å². The average molecular weight is 411 g/mol. The SMILES string of the molecule is CCc1nnc(-c2ccc(NC(=O)[C@H]3CC(=O)N(c4ccc(Cl)cc4)C3)cc2)o1. The van der Waals surface area contributed by atoms with E-state index in [2.05, 4.69) is 15.5 Å². The predicted octanol–water partition coefficient (Wildman–Crippen LogP) is 3.94. The number of nitrogens with zero attached hydrogens (tertiary/aromatic N) is 3. The molecule has 0 spiro atoms. The average Bonchev–Trinajstić information content (AvgIpc) is 3.36. The fourth-order valence-electron chi connectivity index (χ4n) is 3.21. The van der Waals surface area contributed by atoms with Crippen LogP contribution in [0.1, 0.15) is 19.2 Å². The molecule has 148 valence electrons. The fraction of sp³-hybridized carbons (Fsp3) is 0.238. The maximum absolute atomic E-state index is 12.6. The molecule has 0 radical (unpaired) electrons. The van der Waals surface area contributed by atoms with Crippen LogP contribution in [-0.4, -0.2) is 28.6 Å². The first-order valence-electron chi connectivity index (χ1n) is 9.33. The summed E-state index contributed by atoms with van der Waals surface area (Å²) >= 11 is 5.90. The van der Waals surface area contributed by atoms with Crippen LogP contribution in [0.25, 0.3) is 11.5 Å². The lowest BCUT2D eigenvalue weighted by molar-refractivity contribution is -0.122. The van der Waals surface area contributed by atoms with Crippen LogP contribution in [0.5, 0.6) is 0 Å². The Balaban J connectivity index is 1.40. The first-order valence-corrected chi connectivity index (χ1v) is 9.71. The van der Waals surface area contributed by atoms with Crippen molar-refractivity contribution in [3.05, 3.63) is 59.4 Å². The quantitative estimate of drug-likeness (QED) is 0.688. The van der Waals surface area contributed by atoms with E-state index < -0.39 is 5.92 Å². The third kappa shape index (κ3) is 4.14. The van der Waals surface area contributed by atoms with Crippen LogP contribution < -0.4 is 10.2 Å². The number of aromatic nitrogens is 2. The highest BCUT2D eigenvalue weighted by Crippen LogP contribution is 2.27. The molecule has 1 saturated heterocycles. The zero-order valence-electron chi connectivity index (χ0n) is 15.8. The smallest absolute Gasteiger partial charge is 0.247 e. The molecule has 2 heterocycles. The molecule has 29 heavy (non-hydrogen) atoms. The summed E-state index contributed by atoms with van der Waals surface area (Å²) in [5.74, 6) is 0.341. The molecular weight excluding hydrogens is 392 g/mol. The van der Waals surface area contributed by atoms with E-state index in [4.69, 9.17) is 16.0 Å². The summed E-state index contributed by atoms with van der Waals surface area (Å²) < 4.78 is 5.53. The van der Waals surface area contributed by atoms with Crippen molar-refractivity contribution < 1.29 is 14.0 Å². The third-order valence-electron chi connectivity index (χ3n) is 4.80. The molecule has 2 amide bonds. The second-order valence-corrected chi connectivity index (χ2v) is 7.24. The van der Waals surface area contributed by atoms with Gasteiger partial charge in [-0.15, -0.1) is 10.2 Å². The number of benzene rings is 2. The van der Waals surface area contributed by atoms with E-state index in [1.54, 1.807) is 41.3 Å². The van der Waals surface area contributed by atoms with Gasteiger partial charge in [-0.3, -0.25) is 9.59 Å². The minimum atomic E-state index is -0.416. The maximum atomic E-state index is 12.6. The van der Waals surface area contributed by atoms with Gasteiger partial charge in [0.2, 0.25) is 23.6 Å². The summed E-state index contributed by atoms with van der Waals surface area (Å²) in [5.41, 5.74) is 2.16. The summed E-state index contributed by atoms with van der Waals surface area (Å²) in [6.07, 6.45) is 0.850. The van der Waals surface area contributed by atoms with Gasteiger partial charge >= 0.3 is 0 Å². The highest BCUT2D eigenvalue weighted by Gasteiger charge is 2.35. The number of rotatable bonds is 5. The molecule has 1 aromatic heterocycles. The second kappa shape index (κ2) is 8.05. The first kappa shape index (κ1) is 19.1. The summed E-state index contributed by atoms with van der Waals surface area (Å²) in [4.78, 5) is 26.6. The fourth-order valence-corrected chi connectivity index (χ4v) is 3.33. The Morgan fingerprint density at radius 3 is 2.55 bits per heavy atom. The standard InChI is InChI=1S/C21H19ClN4O3/c1-2-18-24-25-21(29-18)13-3-7-16(8-4-13)23-20(28)14-11-19(27)26(12-14)17-9-5-15(22)6-10-17/h3-10,14H,2,11-12H2,1H3,(H,23,28)/t14-/m0/s1. The van der Waals surface area contributed by atoms with Crippen LogP contribution in [0.15, 0.2) is 52.9 Å². The van der Waals surface area contributed by atoms with Gasteiger partial charge in [-0.25, -0.2) is 0 Å². The van der Waals surface area contributed by atoms with E-state index in [-0.39, 0.29) is 18.2 Å². The molecule has 0 bridgehead atoms. The summed E-state index contributed by atoms with van der Waals surface area (Å²) in [7, 11) is 0. The van der Waals surface area contributed by atoms with Gasteiger partial charge < -0.3 is 14.6 Å². The molecule has 1 atom stereocenters. The topological polar surface area (TPSA) is 88.3 Å². The minimum absolute atomic E-state index is 0.0778. The van der Waals surface area contributed by atoms with E-state index in [1.165, 1.54) is 0 Å². The van der Waals surface area contributed by atoms with Crippen LogP contribution in [-0.2, 0) is 16.0 Å². The highest BCUT2D eigenvalue weighted by atomic mass is 35.5. The molecule has 1 N–H and O–H groups in total. The van der Waals surface area contributed by atoms with Crippen molar-refractivity contribution in [1.82, 2.24) is 10.2 Å². The molecule has 1 fully saturated rings. The van der Waals surface area contributed by atoms with Gasteiger partial charge in [0.25, 0.3) is 0 Å². The Hall–Kier alpha value is -3.19. The highest BCUT2D eigenvalue weighted by molar-refractivity contribution is 6.30. The van der Waals surface area contributed by atoms with Crippen molar-refractivity contribution in [2.75, 3.05) is 16.8 Å². The monoisotopic (exact) mass is 410 g/mol.